The molecule has 8 heteroatoms. The number of anilines is 1. The van der Waals surface area contributed by atoms with Crippen LogP contribution < -0.4 is 10.1 Å². The summed E-state index contributed by atoms with van der Waals surface area (Å²) in [5.74, 6) is 0.872. The number of hydrogen-bond acceptors (Lipinski definition) is 4. The number of amides is 3. The third kappa shape index (κ3) is 5.25. The molecule has 1 N–H and O–H groups in total. The minimum atomic E-state index is -0.119. The van der Waals surface area contributed by atoms with Crippen molar-refractivity contribution in [2.24, 2.45) is 13.0 Å². The number of urea groups is 1. The SMILES string of the molecule is CN(C)C(=O)COc1cccc(NC(=O)N2CCC(Cc3cnn(C)c3)C2)c1. The van der Waals surface area contributed by atoms with E-state index in [2.05, 4.69) is 10.4 Å². The van der Waals surface area contributed by atoms with Crippen LogP contribution in [-0.2, 0) is 18.3 Å². The van der Waals surface area contributed by atoms with Crippen LogP contribution in [0.5, 0.6) is 5.75 Å². The summed E-state index contributed by atoms with van der Waals surface area (Å²) in [5, 5.41) is 7.12. The first-order valence-corrected chi connectivity index (χ1v) is 9.37. The molecule has 2 heterocycles. The summed E-state index contributed by atoms with van der Waals surface area (Å²) in [4.78, 5) is 27.5. The molecule has 1 atom stereocenters. The smallest absolute Gasteiger partial charge is 0.321 e. The van der Waals surface area contributed by atoms with Crippen LogP contribution in [0.4, 0.5) is 10.5 Å². The second-order valence-corrected chi connectivity index (χ2v) is 7.36. The minimum absolute atomic E-state index is 0.0352. The van der Waals surface area contributed by atoms with E-state index in [0.717, 1.165) is 25.9 Å². The van der Waals surface area contributed by atoms with Crippen molar-refractivity contribution in [2.45, 2.75) is 12.8 Å². The van der Waals surface area contributed by atoms with Crippen LogP contribution >= 0.6 is 0 Å². The summed E-state index contributed by atoms with van der Waals surface area (Å²) >= 11 is 0. The minimum Gasteiger partial charge on any atom is -0.484 e. The molecular formula is C20H27N5O3. The Morgan fingerprint density at radius 1 is 1.36 bits per heavy atom. The van der Waals surface area contributed by atoms with E-state index >= 15 is 0 Å². The molecular weight excluding hydrogens is 358 g/mol. The first-order chi connectivity index (χ1) is 13.4. The van der Waals surface area contributed by atoms with E-state index in [9.17, 15) is 9.59 Å². The van der Waals surface area contributed by atoms with Crippen LogP contribution in [0, 0.1) is 5.92 Å². The molecule has 1 aromatic carbocycles. The standard InChI is InChI=1S/C20H27N5O3/c1-23(2)19(26)14-28-18-6-4-5-17(10-18)22-20(27)25-8-7-15(13-25)9-16-11-21-24(3)12-16/h4-6,10-12,15H,7-9,13-14H2,1-3H3,(H,22,27). The van der Waals surface area contributed by atoms with Crippen molar-refractivity contribution in [3.05, 3.63) is 42.2 Å². The van der Waals surface area contributed by atoms with Gasteiger partial charge in [0.15, 0.2) is 6.61 Å². The van der Waals surface area contributed by atoms with Gasteiger partial charge in [-0.05, 0) is 36.5 Å². The van der Waals surface area contributed by atoms with E-state index in [1.807, 2.05) is 30.4 Å². The molecule has 0 radical (unpaired) electrons. The van der Waals surface area contributed by atoms with Gasteiger partial charge in [-0.15, -0.1) is 0 Å². The fraction of sp³-hybridized carbons (Fsp3) is 0.450. The number of nitrogens with zero attached hydrogens (tertiary/aromatic N) is 4. The normalized spacial score (nSPS) is 16.1. The van der Waals surface area contributed by atoms with Crippen molar-refractivity contribution in [2.75, 3.05) is 39.1 Å². The van der Waals surface area contributed by atoms with Gasteiger partial charge in [0.1, 0.15) is 5.75 Å². The monoisotopic (exact) mass is 385 g/mol. The average molecular weight is 385 g/mol. The van der Waals surface area contributed by atoms with Crippen molar-refractivity contribution in [1.82, 2.24) is 19.6 Å². The summed E-state index contributed by atoms with van der Waals surface area (Å²) in [5.41, 5.74) is 1.85. The number of hydrogen-bond donors (Lipinski definition) is 1. The molecule has 0 aliphatic carbocycles. The molecule has 3 rings (SSSR count). The first kappa shape index (κ1) is 19.7. The number of rotatable bonds is 6. The number of ether oxygens (including phenoxy) is 1. The van der Waals surface area contributed by atoms with Crippen LogP contribution in [0.1, 0.15) is 12.0 Å². The second kappa shape index (κ2) is 8.77. The molecule has 1 fully saturated rings. The zero-order valence-corrected chi connectivity index (χ0v) is 16.6. The molecule has 150 valence electrons. The number of benzene rings is 1. The lowest BCUT2D eigenvalue weighted by molar-refractivity contribution is -0.130. The number of carbonyl (C=O) groups excluding carboxylic acids is 2. The van der Waals surface area contributed by atoms with Gasteiger partial charge in [-0.3, -0.25) is 9.48 Å². The Hall–Kier alpha value is -3.03. The van der Waals surface area contributed by atoms with Gasteiger partial charge in [-0.1, -0.05) is 6.07 Å². The van der Waals surface area contributed by atoms with Gasteiger partial charge in [0, 0.05) is 52.2 Å². The molecule has 28 heavy (non-hydrogen) atoms. The van der Waals surface area contributed by atoms with Crippen LogP contribution in [0.3, 0.4) is 0 Å². The molecule has 3 amide bonds. The molecule has 8 nitrogen and oxygen atoms in total. The summed E-state index contributed by atoms with van der Waals surface area (Å²) in [6, 6.07) is 6.97. The summed E-state index contributed by atoms with van der Waals surface area (Å²) in [6.45, 7) is 1.44. The molecule has 0 spiro atoms. The van der Waals surface area contributed by atoms with E-state index in [-0.39, 0.29) is 18.5 Å². The highest BCUT2D eigenvalue weighted by Crippen LogP contribution is 2.23. The van der Waals surface area contributed by atoms with Gasteiger partial charge < -0.3 is 19.9 Å². The van der Waals surface area contributed by atoms with Gasteiger partial charge >= 0.3 is 6.03 Å². The number of aromatic nitrogens is 2. The van der Waals surface area contributed by atoms with E-state index < -0.39 is 0 Å². The predicted molar refractivity (Wildman–Crippen MR) is 106 cm³/mol. The van der Waals surface area contributed by atoms with Gasteiger partial charge in [0.2, 0.25) is 0 Å². The van der Waals surface area contributed by atoms with Crippen molar-refractivity contribution in [1.29, 1.82) is 0 Å². The van der Waals surface area contributed by atoms with Crippen LogP contribution in [0.15, 0.2) is 36.7 Å². The lowest BCUT2D eigenvalue weighted by atomic mass is 10.0. The Balaban J connectivity index is 1.50. The van der Waals surface area contributed by atoms with E-state index in [4.69, 9.17) is 4.74 Å². The third-order valence-corrected chi connectivity index (χ3v) is 4.80. The molecule has 0 saturated carbocycles. The molecule has 1 aromatic heterocycles. The Labute approximate surface area is 165 Å². The van der Waals surface area contributed by atoms with Gasteiger partial charge in [0.25, 0.3) is 5.91 Å². The molecule has 2 aromatic rings. The van der Waals surface area contributed by atoms with Gasteiger partial charge in [-0.25, -0.2) is 4.79 Å². The predicted octanol–water partition coefficient (Wildman–Crippen LogP) is 1.98. The highest BCUT2D eigenvalue weighted by molar-refractivity contribution is 5.89. The zero-order valence-electron chi connectivity index (χ0n) is 16.6. The topological polar surface area (TPSA) is 79.7 Å². The van der Waals surface area contributed by atoms with Crippen molar-refractivity contribution < 1.29 is 14.3 Å². The lowest BCUT2D eigenvalue weighted by Crippen LogP contribution is -2.33. The number of aryl methyl sites for hydroxylation is 1. The number of nitrogens with one attached hydrogen (secondary N) is 1. The summed E-state index contributed by atoms with van der Waals surface area (Å²) in [7, 11) is 5.27. The Morgan fingerprint density at radius 3 is 2.89 bits per heavy atom. The van der Waals surface area contributed by atoms with Crippen LogP contribution in [0.2, 0.25) is 0 Å². The maximum atomic E-state index is 12.6. The van der Waals surface area contributed by atoms with E-state index in [1.54, 1.807) is 37.0 Å². The highest BCUT2D eigenvalue weighted by Gasteiger charge is 2.26. The number of carbonyl (C=O) groups is 2. The third-order valence-electron chi connectivity index (χ3n) is 4.80. The van der Waals surface area contributed by atoms with Crippen LogP contribution in [-0.4, -0.2) is 65.3 Å². The highest BCUT2D eigenvalue weighted by atomic mass is 16.5. The summed E-state index contributed by atoms with van der Waals surface area (Å²) < 4.78 is 7.30. The maximum Gasteiger partial charge on any atom is 0.321 e. The molecule has 1 unspecified atom stereocenters. The fourth-order valence-corrected chi connectivity index (χ4v) is 3.23. The van der Waals surface area contributed by atoms with Crippen LogP contribution in [0.25, 0.3) is 0 Å². The van der Waals surface area contributed by atoms with Crippen molar-refractivity contribution in [3.63, 3.8) is 0 Å². The quantitative estimate of drug-likeness (QED) is 0.825. The molecule has 0 bridgehead atoms. The molecule has 1 aliphatic rings. The van der Waals surface area contributed by atoms with Gasteiger partial charge in [-0.2, -0.15) is 5.10 Å². The van der Waals surface area contributed by atoms with E-state index in [0.29, 0.717) is 17.4 Å². The van der Waals surface area contributed by atoms with E-state index in [1.165, 1.54) is 10.5 Å². The molecule has 1 aliphatic heterocycles. The maximum absolute atomic E-state index is 12.6. The lowest BCUT2D eigenvalue weighted by Gasteiger charge is -2.18. The Morgan fingerprint density at radius 2 is 2.18 bits per heavy atom. The first-order valence-electron chi connectivity index (χ1n) is 9.37. The fourth-order valence-electron chi connectivity index (χ4n) is 3.23. The summed E-state index contributed by atoms with van der Waals surface area (Å²) in [6.07, 6.45) is 5.82. The number of likely N-dealkylation sites (N-methyl/N-ethyl adjacent to an activating group) is 1. The average Bonchev–Trinajstić information content (AvgIpc) is 3.29. The van der Waals surface area contributed by atoms with Crippen molar-refractivity contribution >= 4 is 17.6 Å². The number of likely N-dealkylation sites (tertiary alicyclic amines) is 1. The van der Waals surface area contributed by atoms with Crippen molar-refractivity contribution in [3.8, 4) is 5.75 Å². The molecule has 1 saturated heterocycles. The van der Waals surface area contributed by atoms with Gasteiger partial charge in [0.05, 0.1) is 6.20 Å². The Bertz CT molecular complexity index is 833. The zero-order chi connectivity index (χ0) is 20.1. The second-order valence-electron chi connectivity index (χ2n) is 7.36. The largest absolute Gasteiger partial charge is 0.484 e. The Kier molecular flexibility index (Phi) is 6.18.